The van der Waals surface area contributed by atoms with Gasteiger partial charge in [0, 0.05) is 29.6 Å². The fourth-order valence-electron chi connectivity index (χ4n) is 3.44. The molecule has 0 saturated carbocycles. The highest BCUT2D eigenvalue weighted by atomic mass is 35.5. The van der Waals surface area contributed by atoms with Crippen LogP contribution >= 0.6 is 11.6 Å². The molecule has 33 heavy (non-hydrogen) atoms. The minimum absolute atomic E-state index is 0.158. The maximum atomic E-state index is 12.7. The molecule has 1 aliphatic heterocycles. The number of nitrogens with one attached hydrogen (secondary N) is 2. The van der Waals surface area contributed by atoms with Crippen LogP contribution < -0.4 is 15.4 Å². The van der Waals surface area contributed by atoms with Crippen molar-refractivity contribution >= 4 is 28.3 Å². The molecule has 0 radical (unpaired) electrons. The number of ether oxygens (including phenoxy) is 2. The first-order chi connectivity index (χ1) is 15.8. The van der Waals surface area contributed by atoms with Gasteiger partial charge in [0.15, 0.2) is 0 Å². The number of hydrogen-bond donors (Lipinski definition) is 2. The number of amides is 1. The average molecular weight is 486 g/mol. The van der Waals surface area contributed by atoms with Gasteiger partial charge in [-0.05, 0) is 12.8 Å². The van der Waals surface area contributed by atoms with Gasteiger partial charge in [-0.1, -0.05) is 41.0 Å². The molecule has 2 atom stereocenters. The maximum Gasteiger partial charge on any atom is 0.522 e. The summed E-state index contributed by atoms with van der Waals surface area (Å²) in [6.07, 6.45) is -2.17. The highest BCUT2D eigenvalue weighted by Gasteiger charge is 2.30. The Hall–Kier alpha value is -2.96. The van der Waals surface area contributed by atoms with E-state index in [1.807, 2.05) is 24.3 Å². The predicted octanol–water partition coefficient (Wildman–Crippen LogP) is 3.41. The van der Waals surface area contributed by atoms with Crippen molar-refractivity contribution in [2.24, 2.45) is 0 Å². The lowest BCUT2D eigenvalue weighted by Gasteiger charge is -2.28. The molecule has 13 heteroatoms. The summed E-state index contributed by atoms with van der Waals surface area (Å²) in [6, 6.07) is 6.95. The molecule has 4 rings (SSSR count). The second kappa shape index (κ2) is 9.89. The van der Waals surface area contributed by atoms with E-state index in [1.165, 1.54) is 0 Å². The number of halogens is 4. The third-order valence-electron chi connectivity index (χ3n) is 5.00. The van der Waals surface area contributed by atoms with Crippen LogP contribution in [0.15, 0.2) is 34.9 Å². The molecule has 1 aliphatic rings. The zero-order chi connectivity index (χ0) is 23.4. The smallest absolute Gasteiger partial charge is 0.447 e. The Bertz CT molecular complexity index is 1120. The highest BCUT2D eigenvalue weighted by Crippen LogP contribution is 2.27. The fraction of sp³-hybridized carbons (Fsp3) is 0.400. The van der Waals surface area contributed by atoms with E-state index in [2.05, 4.69) is 30.6 Å². The number of carbonyl (C=O) groups is 1. The number of rotatable bonds is 7. The van der Waals surface area contributed by atoms with Crippen molar-refractivity contribution < 1.29 is 31.9 Å². The highest BCUT2D eigenvalue weighted by molar-refractivity contribution is 6.38. The van der Waals surface area contributed by atoms with Crippen molar-refractivity contribution in [3.8, 4) is 6.08 Å². The van der Waals surface area contributed by atoms with Gasteiger partial charge in [-0.25, -0.2) is 4.98 Å². The van der Waals surface area contributed by atoms with Gasteiger partial charge in [-0.15, -0.1) is 18.3 Å². The Labute approximate surface area is 190 Å². The third kappa shape index (κ3) is 5.89. The number of carbonyl (C=O) groups excluding carboxylic acids is 1. The van der Waals surface area contributed by atoms with Gasteiger partial charge in [0.1, 0.15) is 12.3 Å². The Balaban J connectivity index is 1.27. The number of pyridine rings is 1. The first-order valence-corrected chi connectivity index (χ1v) is 10.4. The molecular formula is C20H19ClF3N5O4. The van der Waals surface area contributed by atoms with Gasteiger partial charge in [-0.3, -0.25) is 9.53 Å². The molecule has 9 nitrogen and oxygen atoms in total. The number of piperidine rings is 1. The average Bonchev–Trinajstić information content (AvgIpc) is 3.26. The number of nitrogens with zero attached hydrogens (tertiary/aromatic N) is 3. The van der Waals surface area contributed by atoms with Crippen LogP contribution in [0.1, 0.15) is 35.3 Å². The predicted molar refractivity (Wildman–Crippen MR) is 110 cm³/mol. The van der Waals surface area contributed by atoms with Crippen LogP contribution in [0.2, 0.25) is 5.02 Å². The first kappa shape index (κ1) is 23.2. The van der Waals surface area contributed by atoms with Crippen molar-refractivity contribution in [3.63, 3.8) is 0 Å². The molecular weight excluding hydrogens is 467 g/mol. The SMILES string of the molecule is O=C(N[C@H]1CC[C@H](c2nnc(OCCOC(F)(F)F)o2)NC1)c1ncc2ccccc2c1Cl. The molecule has 176 valence electrons. The van der Waals surface area contributed by atoms with E-state index in [-0.39, 0.29) is 35.7 Å². The standard InChI is InChI=1S/C20H19ClF3N5O4/c21-15-13-4-2-1-3-11(13)9-26-16(15)17(30)27-12-5-6-14(25-10-12)18-28-29-19(33-18)31-7-8-32-20(22,23)24/h1-4,9,12,14,25H,5-8,10H2,(H,27,30)/t12-,14+/m0/s1. The van der Waals surface area contributed by atoms with Crippen LogP contribution in [0.25, 0.3) is 10.8 Å². The van der Waals surface area contributed by atoms with Crippen LogP contribution in [0.3, 0.4) is 0 Å². The Morgan fingerprint density at radius 1 is 1.24 bits per heavy atom. The van der Waals surface area contributed by atoms with Crippen LogP contribution in [0, 0.1) is 0 Å². The largest absolute Gasteiger partial charge is 0.522 e. The third-order valence-corrected chi connectivity index (χ3v) is 5.38. The summed E-state index contributed by atoms with van der Waals surface area (Å²) < 4.78 is 49.7. The Kier molecular flexibility index (Phi) is 6.96. The van der Waals surface area contributed by atoms with Crippen molar-refractivity contribution in [2.45, 2.75) is 31.3 Å². The fourth-order valence-corrected chi connectivity index (χ4v) is 3.74. The van der Waals surface area contributed by atoms with E-state index in [1.54, 1.807) is 6.20 Å². The normalized spacial score (nSPS) is 18.9. The molecule has 1 aromatic carbocycles. The molecule has 1 fully saturated rings. The second-order valence-corrected chi connectivity index (χ2v) is 7.64. The van der Waals surface area contributed by atoms with E-state index in [0.29, 0.717) is 24.4 Å². The van der Waals surface area contributed by atoms with Gasteiger partial charge < -0.3 is 19.8 Å². The number of hydrogen-bond acceptors (Lipinski definition) is 8. The lowest BCUT2D eigenvalue weighted by Crippen LogP contribution is -2.47. The number of benzene rings is 1. The monoisotopic (exact) mass is 485 g/mol. The summed E-state index contributed by atoms with van der Waals surface area (Å²) >= 11 is 6.39. The van der Waals surface area contributed by atoms with Crippen LogP contribution in [-0.4, -0.2) is 53.3 Å². The minimum atomic E-state index is -4.73. The molecule has 2 N–H and O–H groups in total. The van der Waals surface area contributed by atoms with Crippen LogP contribution in [-0.2, 0) is 4.74 Å². The first-order valence-electron chi connectivity index (χ1n) is 10.0. The molecule has 0 bridgehead atoms. The summed E-state index contributed by atoms with van der Waals surface area (Å²) in [4.78, 5) is 16.9. The summed E-state index contributed by atoms with van der Waals surface area (Å²) in [5.74, 6) is -0.128. The molecule has 0 spiro atoms. The van der Waals surface area contributed by atoms with Crippen molar-refractivity contribution in [2.75, 3.05) is 19.8 Å². The van der Waals surface area contributed by atoms with Gasteiger partial charge in [0.25, 0.3) is 5.91 Å². The molecule has 3 aromatic rings. The van der Waals surface area contributed by atoms with Gasteiger partial charge in [0.05, 0.1) is 17.7 Å². The van der Waals surface area contributed by atoms with Gasteiger partial charge in [0.2, 0.25) is 5.89 Å². The topological polar surface area (TPSA) is 111 Å². The zero-order valence-electron chi connectivity index (χ0n) is 17.1. The summed E-state index contributed by atoms with van der Waals surface area (Å²) in [7, 11) is 0. The lowest BCUT2D eigenvalue weighted by molar-refractivity contribution is -0.325. The Morgan fingerprint density at radius 3 is 2.82 bits per heavy atom. The maximum absolute atomic E-state index is 12.7. The van der Waals surface area contributed by atoms with E-state index < -0.39 is 19.6 Å². The minimum Gasteiger partial charge on any atom is -0.447 e. The van der Waals surface area contributed by atoms with Gasteiger partial charge in [-0.2, -0.15) is 0 Å². The van der Waals surface area contributed by atoms with Crippen LogP contribution in [0.5, 0.6) is 6.08 Å². The summed E-state index contributed by atoms with van der Waals surface area (Å²) in [5, 5.41) is 15.5. The Morgan fingerprint density at radius 2 is 2.06 bits per heavy atom. The van der Waals surface area contributed by atoms with Crippen molar-refractivity contribution in [3.05, 3.63) is 47.1 Å². The quantitative estimate of drug-likeness (QED) is 0.490. The molecule has 1 amide bonds. The summed E-state index contributed by atoms with van der Waals surface area (Å²) in [5.41, 5.74) is 0.158. The molecule has 2 aromatic heterocycles. The molecule has 1 saturated heterocycles. The number of fused-ring (bicyclic) bond motifs is 1. The molecule has 0 aliphatic carbocycles. The lowest BCUT2D eigenvalue weighted by atomic mass is 10.0. The van der Waals surface area contributed by atoms with E-state index >= 15 is 0 Å². The van der Waals surface area contributed by atoms with Crippen molar-refractivity contribution in [1.29, 1.82) is 0 Å². The molecule has 0 unspecified atom stereocenters. The van der Waals surface area contributed by atoms with E-state index in [0.717, 1.165) is 10.8 Å². The number of alkyl halides is 3. The zero-order valence-corrected chi connectivity index (χ0v) is 17.8. The number of aromatic nitrogens is 3. The van der Waals surface area contributed by atoms with Gasteiger partial charge >= 0.3 is 12.4 Å². The van der Waals surface area contributed by atoms with Crippen molar-refractivity contribution in [1.82, 2.24) is 25.8 Å². The summed E-state index contributed by atoms with van der Waals surface area (Å²) in [6.45, 7) is -0.654. The van der Waals surface area contributed by atoms with Crippen LogP contribution in [0.4, 0.5) is 13.2 Å². The van der Waals surface area contributed by atoms with E-state index in [4.69, 9.17) is 20.8 Å². The molecule has 3 heterocycles. The second-order valence-electron chi connectivity index (χ2n) is 7.27. The van der Waals surface area contributed by atoms with E-state index in [9.17, 15) is 18.0 Å².